The normalized spacial score (nSPS) is 15.2. The highest BCUT2D eigenvalue weighted by atomic mass is 16.1. The zero-order valence-electron chi connectivity index (χ0n) is 13.5. The first-order valence-corrected chi connectivity index (χ1v) is 7.82. The molecule has 0 unspecified atom stereocenters. The molecule has 4 rings (SSSR count). The molecular formula is C15H18N8O. The maximum Gasteiger partial charge on any atom is 0.254 e. The lowest BCUT2D eigenvalue weighted by Crippen LogP contribution is -2.49. The Labute approximate surface area is 138 Å². The van der Waals surface area contributed by atoms with E-state index in [4.69, 9.17) is 5.73 Å². The highest BCUT2D eigenvalue weighted by Crippen LogP contribution is 2.29. The number of amides is 1. The average Bonchev–Trinajstić information content (AvgIpc) is 3.13. The molecule has 0 aromatic carbocycles. The lowest BCUT2D eigenvalue weighted by molar-refractivity contribution is 0.1000. The fraction of sp³-hybridized carbons (Fsp3) is 0.400. The summed E-state index contributed by atoms with van der Waals surface area (Å²) in [5, 5.41) is 8.49. The maximum atomic E-state index is 11.2. The second kappa shape index (κ2) is 5.29. The van der Waals surface area contributed by atoms with Gasteiger partial charge in [-0.3, -0.25) is 9.48 Å². The van der Waals surface area contributed by atoms with Crippen molar-refractivity contribution in [3.8, 4) is 0 Å². The third-order valence-corrected chi connectivity index (χ3v) is 4.29. The van der Waals surface area contributed by atoms with Gasteiger partial charge in [0.05, 0.1) is 23.5 Å². The summed E-state index contributed by atoms with van der Waals surface area (Å²) in [6.07, 6.45) is 4.71. The molecule has 124 valence electrons. The Kier molecular flexibility index (Phi) is 3.22. The van der Waals surface area contributed by atoms with Gasteiger partial charge in [-0.1, -0.05) is 13.8 Å². The van der Waals surface area contributed by atoms with Crippen LogP contribution in [0, 0.1) is 0 Å². The van der Waals surface area contributed by atoms with E-state index in [1.54, 1.807) is 15.4 Å². The van der Waals surface area contributed by atoms with Crippen molar-refractivity contribution < 1.29 is 4.79 Å². The molecule has 1 saturated heterocycles. The van der Waals surface area contributed by atoms with Gasteiger partial charge >= 0.3 is 0 Å². The molecule has 3 aromatic rings. The Morgan fingerprint density at radius 2 is 2.12 bits per heavy atom. The maximum absolute atomic E-state index is 11.2. The fourth-order valence-corrected chi connectivity index (χ4v) is 2.81. The zero-order chi connectivity index (χ0) is 16.8. The summed E-state index contributed by atoms with van der Waals surface area (Å²) in [6, 6.07) is 2.26. The molecule has 0 aliphatic carbocycles. The predicted molar refractivity (Wildman–Crippen MR) is 86.9 cm³/mol. The molecule has 0 saturated carbocycles. The van der Waals surface area contributed by atoms with E-state index in [0.29, 0.717) is 17.3 Å². The van der Waals surface area contributed by atoms with Crippen molar-refractivity contribution in [3.05, 3.63) is 36.0 Å². The third kappa shape index (κ3) is 2.29. The van der Waals surface area contributed by atoms with Crippen molar-refractivity contribution in [1.82, 2.24) is 29.4 Å². The Hall–Kier alpha value is -2.97. The van der Waals surface area contributed by atoms with Crippen molar-refractivity contribution in [2.24, 2.45) is 5.73 Å². The molecular weight excluding hydrogens is 308 g/mol. The number of hydrogen-bond acceptors (Lipinski definition) is 6. The Bertz CT molecular complexity index is 905. The molecule has 1 amide bonds. The van der Waals surface area contributed by atoms with Crippen LogP contribution in [0.1, 0.15) is 41.9 Å². The van der Waals surface area contributed by atoms with Crippen LogP contribution < -0.4 is 10.6 Å². The number of fused-ring (bicyclic) bond motifs is 1. The van der Waals surface area contributed by atoms with Gasteiger partial charge in [0, 0.05) is 25.4 Å². The quantitative estimate of drug-likeness (QED) is 0.752. The summed E-state index contributed by atoms with van der Waals surface area (Å²) in [5.41, 5.74) is 6.69. The number of anilines is 1. The SMILES string of the molecule is CC(C)c1cc(N2CC(n3cc(C(N)=O)cn3)C2)n2ncnc2n1. The molecule has 1 aliphatic heterocycles. The minimum Gasteiger partial charge on any atom is -0.366 e. The van der Waals surface area contributed by atoms with Crippen molar-refractivity contribution in [2.45, 2.75) is 25.8 Å². The molecule has 0 bridgehead atoms. The largest absolute Gasteiger partial charge is 0.366 e. The molecule has 24 heavy (non-hydrogen) atoms. The van der Waals surface area contributed by atoms with Gasteiger partial charge in [0.1, 0.15) is 12.1 Å². The lowest BCUT2D eigenvalue weighted by Gasteiger charge is -2.40. The summed E-state index contributed by atoms with van der Waals surface area (Å²) in [7, 11) is 0. The molecule has 2 N–H and O–H groups in total. The number of rotatable bonds is 4. The van der Waals surface area contributed by atoms with Crippen LogP contribution in [0.25, 0.3) is 5.78 Å². The van der Waals surface area contributed by atoms with Crippen LogP contribution in [0.5, 0.6) is 0 Å². The smallest absolute Gasteiger partial charge is 0.254 e. The van der Waals surface area contributed by atoms with Gasteiger partial charge in [-0.25, -0.2) is 4.98 Å². The van der Waals surface area contributed by atoms with Crippen LogP contribution >= 0.6 is 0 Å². The first-order chi connectivity index (χ1) is 11.5. The molecule has 0 radical (unpaired) electrons. The number of hydrogen-bond donors (Lipinski definition) is 1. The molecule has 0 atom stereocenters. The van der Waals surface area contributed by atoms with Gasteiger partial charge in [-0.05, 0) is 5.92 Å². The van der Waals surface area contributed by atoms with Crippen LogP contribution in [-0.4, -0.2) is 48.4 Å². The van der Waals surface area contributed by atoms with E-state index in [0.717, 1.165) is 24.6 Å². The van der Waals surface area contributed by atoms with Gasteiger partial charge in [-0.2, -0.15) is 19.7 Å². The highest BCUT2D eigenvalue weighted by Gasteiger charge is 2.31. The van der Waals surface area contributed by atoms with Crippen LogP contribution in [0.4, 0.5) is 5.82 Å². The number of primary amides is 1. The van der Waals surface area contributed by atoms with E-state index in [1.165, 1.54) is 12.5 Å². The number of aromatic nitrogens is 6. The Balaban J connectivity index is 1.59. The predicted octanol–water partition coefficient (Wildman–Crippen LogP) is 0.604. The minimum atomic E-state index is -0.461. The first kappa shape index (κ1) is 14.6. The van der Waals surface area contributed by atoms with E-state index in [9.17, 15) is 4.79 Å². The van der Waals surface area contributed by atoms with E-state index < -0.39 is 5.91 Å². The standard InChI is InChI=1S/C15H18N8O/c1-9(2)12-3-13(23-15(20-12)17-8-19-23)21-6-11(7-21)22-5-10(4-18-22)14(16)24/h3-5,8-9,11H,6-7H2,1-2H3,(H2,16,24). The van der Waals surface area contributed by atoms with Crippen LogP contribution in [-0.2, 0) is 0 Å². The second-order valence-corrected chi connectivity index (χ2v) is 6.30. The van der Waals surface area contributed by atoms with Crippen LogP contribution in [0.15, 0.2) is 24.8 Å². The Morgan fingerprint density at radius 3 is 2.79 bits per heavy atom. The summed E-state index contributed by atoms with van der Waals surface area (Å²) in [4.78, 5) is 22.1. The topological polar surface area (TPSA) is 107 Å². The number of nitrogens with zero attached hydrogens (tertiary/aromatic N) is 7. The molecule has 0 spiro atoms. The number of carbonyl (C=O) groups is 1. The fourth-order valence-electron chi connectivity index (χ4n) is 2.81. The molecule has 3 aromatic heterocycles. The third-order valence-electron chi connectivity index (χ3n) is 4.29. The monoisotopic (exact) mass is 326 g/mol. The minimum absolute atomic E-state index is 0.201. The van der Waals surface area contributed by atoms with E-state index in [1.807, 2.05) is 0 Å². The van der Waals surface area contributed by atoms with Crippen LogP contribution in [0.2, 0.25) is 0 Å². The van der Waals surface area contributed by atoms with Crippen molar-refractivity contribution >= 4 is 17.5 Å². The molecule has 1 fully saturated rings. The van der Waals surface area contributed by atoms with Gasteiger partial charge in [0.25, 0.3) is 11.7 Å². The number of nitrogens with two attached hydrogens (primary N) is 1. The molecule has 1 aliphatic rings. The van der Waals surface area contributed by atoms with E-state index in [2.05, 4.69) is 45.0 Å². The summed E-state index contributed by atoms with van der Waals surface area (Å²) < 4.78 is 3.54. The Morgan fingerprint density at radius 1 is 1.33 bits per heavy atom. The first-order valence-electron chi connectivity index (χ1n) is 7.82. The van der Waals surface area contributed by atoms with Crippen molar-refractivity contribution in [1.29, 1.82) is 0 Å². The number of carbonyl (C=O) groups excluding carboxylic acids is 1. The van der Waals surface area contributed by atoms with E-state index >= 15 is 0 Å². The average molecular weight is 326 g/mol. The summed E-state index contributed by atoms with van der Waals surface area (Å²) >= 11 is 0. The molecule has 9 heteroatoms. The molecule has 9 nitrogen and oxygen atoms in total. The van der Waals surface area contributed by atoms with Crippen molar-refractivity contribution in [3.63, 3.8) is 0 Å². The van der Waals surface area contributed by atoms with Gasteiger partial charge in [0.15, 0.2) is 0 Å². The summed E-state index contributed by atoms with van der Waals surface area (Å²) in [5.74, 6) is 1.43. The van der Waals surface area contributed by atoms with Gasteiger partial charge in [-0.15, -0.1) is 0 Å². The highest BCUT2D eigenvalue weighted by molar-refractivity contribution is 5.92. The second-order valence-electron chi connectivity index (χ2n) is 6.30. The van der Waals surface area contributed by atoms with Crippen molar-refractivity contribution in [2.75, 3.05) is 18.0 Å². The zero-order valence-corrected chi connectivity index (χ0v) is 13.5. The lowest BCUT2D eigenvalue weighted by atomic mass is 10.1. The van der Waals surface area contributed by atoms with Gasteiger partial charge in [0.2, 0.25) is 0 Å². The van der Waals surface area contributed by atoms with E-state index in [-0.39, 0.29) is 6.04 Å². The van der Waals surface area contributed by atoms with Gasteiger partial charge < -0.3 is 10.6 Å². The molecule has 4 heterocycles. The summed E-state index contributed by atoms with van der Waals surface area (Å²) in [6.45, 7) is 5.76. The van der Waals surface area contributed by atoms with Crippen LogP contribution in [0.3, 0.4) is 0 Å².